The van der Waals surface area contributed by atoms with Crippen LogP contribution in [0.5, 0.6) is 0 Å². The van der Waals surface area contributed by atoms with E-state index in [1.54, 1.807) is 11.3 Å². The highest BCUT2D eigenvalue weighted by atomic mass is 32.1. The zero-order valence-corrected chi connectivity index (χ0v) is 31.8. The van der Waals surface area contributed by atoms with Crippen molar-refractivity contribution in [1.29, 1.82) is 0 Å². The van der Waals surface area contributed by atoms with E-state index >= 15 is 0 Å². The molecule has 1 aliphatic heterocycles. The molecule has 0 spiro atoms. The molecule has 1 aliphatic rings. The standard InChI is InChI=1S/C37H54N6O5S2/c1-24(2)18-38-34(45)31-21-41(20-29-13-10-16-49-29)14-15-42(31)22-32(44)30(17-27-11-8-7-9-12-27)40-35(46)33(25(3)4)43(37(47)48)19-28-23-50-36(39-28)26(5)6/h7-13,16,23-26,30-33,44H,14-15,17-22H2,1-6H3,(H,38,45)(H,40,46)(H,47,48)/t30-,31?,32-,33-/m0/s1. The van der Waals surface area contributed by atoms with Crippen molar-refractivity contribution in [1.82, 2.24) is 30.3 Å². The Morgan fingerprint density at radius 1 is 1.02 bits per heavy atom. The molecule has 0 radical (unpaired) electrons. The van der Waals surface area contributed by atoms with Gasteiger partial charge in [-0.3, -0.25) is 24.3 Å². The van der Waals surface area contributed by atoms with E-state index in [0.29, 0.717) is 37.7 Å². The van der Waals surface area contributed by atoms with Crippen LogP contribution in [0.25, 0.3) is 0 Å². The largest absolute Gasteiger partial charge is 0.465 e. The molecule has 1 aromatic carbocycles. The van der Waals surface area contributed by atoms with E-state index in [-0.39, 0.29) is 30.8 Å². The number of piperazine rings is 1. The van der Waals surface area contributed by atoms with E-state index in [1.165, 1.54) is 16.2 Å². The summed E-state index contributed by atoms with van der Waals surface area (Å²) in [6.07, 6.45) is -1.92. The molecule has 1 saturated heterocycles. The summed E-state index contributed by atoms with van der Waals surface area (Å²) in [6, 6.07) is 11.5. The molecule has 11 nitrogen and oxygen atoms in total. The minimum atomic E-state index is -1.21. The first-order chi connectivity index (χ1) is 23.8. The van der Waals surface area contributed by atoms with Crippen molar-refractivity contribution in [2.24, 2.45) is 11.8 Å². The number of thiazole rings is 1. The number of aromatic nitrogens is 1. The third kappa shape index (κ3) is 11.3. The van der Waals surface area contributed by atoms with Crippen LogP contribution >= 0.6 is 22.7 Å². The maximum atomic E-state index is 14.1. The van der Waals surface area contributed by atoms with Gasteiger partial charge in [-0.2, -0.15) is 0 Å². The molecule has 3 amide bonds. The van der Waals surface area contributed by atoms with E-state index in [9.17, 15) is 24.6 Å². The fourth-order valence-corrected chi connectivity index (χ4v) is 7.82. The number of amides is 3. The van der Waals surface area contributed by atoms with Crippen LogP contribution in [0, 0.1) is 11.8 Å². The quantitative estimate of drug-likeness (QED) is 0.155. The molecule has 13 heteroatoms. The molecule has 4 rings (SSSR count). The molecule has 50 heavy (non-hydrogen) atoms. The van der Waals surface area contributed by atoms with Crippen LogP contribution in [0.4, 0.5) is 4.79 Å². The second kappa shape index (κ2) is 18.8. The number of thiophene rings is 1. The number of β-amino-alcohol motifs (C(OH)–C–C–N with tert-alkyl or cyclic N) is 1. The van der Waals surface area contributed by atoms with Gasteiger partial charge < -0.3 is 20.8 Å². The Morgan fingerprint density at radius 2 is 1.76 bits per heavy atom. The first-order valence-corrected chi connectivity index (χ1v) is 19.3. The number of nitrogens with zero attached hydrogens (tertiary/aromatic N) is 4. The third-order valence-corrected chi connectivity index (χ3v) is 11.0. The normalized spacial score (nSPS) is 17.5. The van der Waals surface area contributed by atoms with E-state index in [2.05, 4.69) is 45.8 Å². The van der Waals surface area contributed by atoms with Gasteiger partial charge in [-0.25, -0.2) is 9.78 Å². The van der Waals surface area contributed by atoms with Gasteiger partial charge in [-0.05, 0) is 35.3 Å². The minimum Gasteiger partial charge on any atom is -0.465 e. The average molecular weight is 727 g/mol. The lowest BCUT2D eigenvalue weighted by Gasteiger charge is -2.42. The maximum absolute atomic E-state index is 14.1. The van der Waals surface area contributed by atoms with Crippen LogP contribution in [0.15, 0.2) is 53.2 Å². The number of carboxylic acid groups (broad SMARTS) is 1. The minimum absolute atomic E-state index is 0.0242. The molecule has 0 bridgehead atoms. The van der Waals surface area contributed by atoms with Crippen molar-refractivity contribution in [2.75, 3.05) is 32.7 Å². The number of hydrogen-bond acceptors (Lipinski definition) is 9. The van der Waals surface area contributed by atoms with E-state index in [1.807, 2.05) is 74.4 Å². The summed E-state index contributed by atoms with van der Waals surface area (Å²) in [4.78, 5) is 51.6. The maximum Gasteiger partial charge on any atom is 0.408 e. The van der Waals surface area contributed by atoms with Gasteiger partial charge in [0.05, 0.1) is 29.4 Å². The molecular formula is C37H54N6O5S2. The summed E-state index contributed by atoms with van der Waals surface area (Å²) in [5, 5.41) is 33.1. The molecular weight excluding hydrogens is 673 g/mol. The lowest BCUT2D eigenvalue weighted by molar-refractivity contribution is -0.132. The van der Waals surface area contributed by atoms with Crippen molar-refractivity contribution in [3.8, 4) is 0 Å². The summed E-state index contributed by atoms with van der Waals surface area (Å²) >= 11 is 3.17. The summed E-state index contributed by atoms with van der Waals surface area (Å²) in [6.45, 7) is 15.1. The van der Waals surface area contributed by atoms with Gasteiger partial charge in [-0.1, -0.05) is 77.9 Å². The third-order valence-electron chi connectivity index (χ3n) is 8.91. The van der Waals surface area contributed by atoms with Crippen molar-refractivity contribution in [2.45, 2.75) is 91.2 Å². The molecule has 0 aliphatic carbocycles. The molecule has 2 aromatic heterocycles. The SMILES string of the molecule is CC(C)CNC(=O)C1CN(Cc2cccs2)CCN1C[C@H](O)[C@H](Cc1ccccc1)NC(=O)[C@H](C(C)C)N(Cc1csc(C(C)C)n1)C(=O)O. The van der Waals surface area contributed by atoms with Crippen molar-refractivity contribution >= 4 is 40.6 Å². The molecule has 274 valence electrons. The zero-order valence-electron chi connectivity index (χ0n) is 30.1. The number of hydrogen-bond donors (Lipinski definition) is 4. The van der Waals surface area contributed by atoms with Crippen molar-refractivity contribution < 1.29 is 24.6 Å². The van der Waals surface area contributed by atoms with Crippen LogP contribution in [0.2, 0.25) is 0 Å². The van der Waals surface area contributed by atoms with Crippen LogP contribution in [-0.2, 0) is 29.1 Å². The highest BCUT2D eigenvalue weighted by Gasteiger charge is 2.38. The Kier molecular flexibility index (Phi) is 14.8. The molecule has 3 aromatic rings. The fraction of sp³-hybridized carbons (Fsp3) is 0.568. The summed E-state index contributed by atoms with van der Waals surface area (Å²) in [7, 11) is 0. The lowest BCUT2D eigenvalue weighted by Crippen LogP contribution is -2.62. The number of aliphatic hydroxyl groups excluding tert-OH is 1. The average Bonchev–Trinajstić information content (AvgIpc) is 3.76. The Hall–Kier alpha value is -3.36. The van der Waals surface area contributed by atoms with Gasteiger partial charge in [0.15, 0.2) is 0 Å². The highest BCUT2D eigenvalue weighted by molar-refractivity contribution is 7.10. The topological polar surface area (TPSA) is 138 Å². The van der Waals surface area contributed by atoms with Crippen molar-refractivity contribution in [3.05, 3.63) is 74.4 Å². The van der Waals surface area contributed by atoms with Crippen molar-refractivity contribution in [3.63, 3.8) is 0 Å². The Balaban J connectivity index is 1.55. The number of benzene rings is 1. The van der Waals surface area contributed by atoms with Crippen LogP contribution in [-0.4, -0.2) is 105 Å². The lowest BCUT2D eigenvalue weighted by atomic mass is 9.97. The number of rotatable bonds is 17. The van der Waals surface area contributed by atoms with Gasteiger partial charge in [0, 0.05) is 55.4 Å². The first-order valence-electron chi connectivity index (χ1n) is 17.5. The molecule has 4 N–H and O–H groups in total. The number of carbonyl (C=O) groups excluding carboxylic acids is 2. The predicted molar refractivity (Wildman–Crippen MR) is 199 cm³/mol. The monoisotopic (exact) mass is 726 g/mol. The second-order valence-electron chi connectivity index (χ2n) is 14.3. The van der Waals surface area contributed by atoms with Gasteiger partial charge in [0.1, 0.15) is 12.1 Å². The van der Waals surface area contributed by atoms with Crippen LogP contribution in [0.3, 0.4) is 0 Å². The van der Waals surface area contributed by atoms with Gasteiger partial charge >= 0.3 is 6.09 Å². The van der Waals surface area contributed by atoms with E-state index in [0.717, 1.165) is 28.6 Å². The molecule has 3 heterocycles. The Bertz CT molecular complexity index is 1500. The molecule has 1 unspecified atom stereocenters. The van der Waals surface area contributed by atoms with E-state index < -0.39 is 36.2 Å². The number of aliphatic hydroxyl groups is 1. The smallest absolute Gasteiger partial charge is 0.408 e. The predicted octanol–water partition coefficient (Wildman–Crippen LogP) is 4.88. The van der Waals surface area contributed by atoms with Gasteiger partial charge in [0.25, 0.3) is 0 Å². The van der Waals surface area contributed by atoms with Gasteiger partial charge in [0.2, 0.25) is 11.8 Å². The summed E-state index contributed by atoms with van der Waals surface area (Å²) in [5.41, 5.74) is 1.52. The Labute approximate surface area is 304 Å². The fourth-order valence-electron chi connectivity index (χ4n) is 6.24. The number of nitrogens with one attached hydrogen (secondary N) is 2. The molecule has 1 fully saturated rings. The van der Waals surface area contributed by atoms with Gasteiger partial charge in [-0.15, -0.1) is 22.7 Å². The number of carbonyl (C=O) groups is 3. The zero-order chi connectivity index (χ0) is 36.4. The molecule has 4 atom stereocenters. The Morgan fingerprint density at radius 3 is 2.36 bits per heavy atom. The second-order valence-corrected chi connectivity index (χ2v) is 16.2. The van der Waals surface area contributed by atoms with Crippen LogP contribution < -0.4 is 10.6 Å². The highest BCUT2D eigenvalue weighted by Crippen LogP contribution is 2.23. The summed E-state index contributed by atoms with van der Waals surface area (Å²) in [5.74, 6) is -0.407. The summed E-state index contributed by atoms with van der Waals surface area (Å²) < 4.78 is 0. The molecule has 0 saturated carbocycles. The first kappa shape index (κ1) is 39.4. The van der Waals surface area contributed by atoms with Crippen LogP contribution in [0.1, 0.15) is 68.6 Å². The van der Waals surface area contributed by atoms with E-state index in [4.69, 9.17) is 0 Å².